The lowest BCUT2D eigenvalue weighted by molar-refractivity contribution is -0.205. The Balaban J connectivity index is 2.44. The number of amides is 1. The summed E-state index contributed by atoms with van der Waals surface area (Å²) in [5, 5.41) is 8.94. The van der Waals surface area contributed by atoms with E-state index in [-0.39, 0.29) is 18.1 Å². The van der Waals surface area contributed by atoms with E-state index in [0.717, 1.165) is 0 Å². The van der Waals surface area contributed by atoms with E-state index in [1.807, 2.05) is 13.8 Å². The molecule has 0 aromatic carbocycles. The molecule has 0 saturated carbocycles. The molecule has 14 heavy (non-hydrogen) atoms. The molecule has 0 spiro atoms. The highest BCUT2D eigenvalue weighted by Gasteiger charge is 2.27. The van der Waals surface area contributed by atoms with Crippen molar-refractivity contribution in [2.24, 2.45) is 0 Å². The Kier molecular flexibility index (Phi) is 3.86. The van der Waals surface area contributed by atoms with Crippen LogP contribution in [-0.2, 0) is 14.3 Å². The maximum absolute atomic E-state index is 11.2. The van der Waals surface area contributed by atoms with Crippen LogP contribution in [0.1, 0.15) is 20.8 Å². The van der Waals surface area contributed by atoms with E-state index in [2.05, 4.69) is 0 Å². The number of carbonyl (C=O) groups excluding carboxylic acids is 1. The van der Waals surface area contributed by atoms with Gasteiger partial charge in [0.25, 0.3) is 6.48 Å². The first-order chi connectivity index (χ1) is 6.50. The van der Waals surface area contributed by atoms with E-state index in [1.165, 1.54) is 6.92 Å². The Morgan fingerprint density at radius 3 is 2.64 bits per heavy atom. The number of hydrogen-bond acceptors (Lipinski definition) is 4. The Bertz CT molecular complexity index is 207. The van der Waals surface area contributed by atoms with E-state index in [9.17, 15) is 4.79 Å². The summed E-state index contributed by atoms with van der Waals surface area (Å²) in [5.74, 6) is 0.00462. The molecule has 0 aliphatic carbocycles. The van der Waals surface area contributed by atoms with Gasteiger partial charge in [-0.3, -0.25) is 4.79 Å². The van der Waals surface area contributed by atoms with Gasteiger partial charge in [0.2, 0.25) is 5.91 Å². The summed E-state index contributed by atoms with van der Waals surface area (Å²) < 4.78 is 9.85. The summed E-state index contributed by atoms with van der Waals surface area (Å²) >= 11 is 0. The van der Waals surface area contributed by atoms with E-state index in [4.69, 9.17) is 14.6 Å². The molecular weight excluding hydrogens is 186 g/mol. The zero-order valence-electron chi connectivity index (χ0n) is 8.77. The molecule has 0 aromatic heterocycles. The van der Waals surface area contributed by atoms with Crippen molar-refractivity contribution >= 4 is 5.91 Å². The number of rotatable bonds is 3. The highest BCUT2D eigenvalue weighted by atomic mass is 16.8. The lowest BCUT2D eigenvalue weighted by Gasteiger charge is -2.27. The first-order valence-electron chi connectivity index (χ1n) is 4.73. The molecule has 1 amide bonds. The second kappa shape index (κ2) is 4.72. The summed E-state index contributed by atoms with van der Waals surface area (Å²) in [7, 11) is 0. The molecule has 1 heterocycles. The largest absolute Gasteiger partial charge is 0.346 e. The summed E-state index contributed by atoms with van der Waals surface area (Å²) in [6.07, 6.45) is -0.226. The van der Waals surface area contributed by atoms with Crippen LogP contribution in [0, 0.1) is 0 Å². The molecular formula is C9H17NO4. The standard InChI is InChI=1S/C9H17NO4/c1-6(2)10(7(3)11)4-8-5-13-9(12)14-8/h6,8-9,12H,4-5H2,1-3H3. The van der Waals surface area contributed by atoms with Crippen molar-refractivity contribution in [3.8, 4) is 0 Å². The number of carbonyl (C=O) groups is 1. The fraction of sp³-hybridized carbons (Fsp3) is 0.889. The van der Waals surface area contributed by atoms with Crippen LogP contribution in [0.15, 0.2) is 0 Å². The predicted molar refractivity (Wildman–Crippen MR) is 49.4 cm³/mol. The van der Waals surface area contributed by atoms with Crippen LogP contribution in [0.2, 0.25) is 0 Å². The second-order valence-electron chi connectivity index (χ2n) is 3.66. The highest BCUT2D eigenvalue weighted by molar-refractivity contribution is 5.73. The first-order valence-corrected chi connectivity index (χ1v) is 4.73. The molecule has 5 nitrogen and oxygen atoms in total. The number of nitrogens with zero attached hydrogens (tertiary/aromatic N) is 1. The minimum Gasteiger partial charge on any atom is -0.346 e. The molecule has 5 heteroatoms. The molecule has 0 radical (unpaired) electrons. The van der Waals surface area contributed by atoms with E-state index < -0.39 is 6.48 Å². The Morgan fingerprint density at radius 1 is 1.64 bits per heavy atom. The molecule has 1 aliphatic heterocycles. The molecule has 1 aliphatic rings. The van der Waals surface area contributed by atoms with Crippen molar-refractivity contribution in [2.75, 3.05) is 13.2 Å². The van der Waals surface area contributed by atoms with Crippen LogP contribution < -0.4 is 0 Å². The van der Waals surface area contributed by atoms with Crippen molar-refractivity contribution in [1.29, 1.82) is 0 Å². The first kappa shape index (κ1) is 11.4. The Morgan fingerprint density at radius 2 is 2.29 bits per heavy atom. The van der Waals surface area contributed by atoms with Gasteiger partial charge in [-0.05, 0) is 13.8 Å². The third-order valence-corrected chi connectivity index (χ3v) is 2.16. The number of aliphatic hydroxyl groups excluding tert-OH is 1. The molecule has 1 fully saturated rings. The molecule has 1 saturated heterocycles. The molecule has 0 bridgehead atoms. The van der Waals surface area contributed by atoms with Gasteiger partial charge in [0.1, 0.15) is 6.10 Å². The van der Waals surface area contributed by atoms with Gasteiger partial charge in [0, 0.05) is 19.5 Å². The number of ether oxygens (including phenoxy) is 2. The zero-order chi connectivity index (χ0) is 10.7. The van der Waals surface area contributed by atoms with Gasteiger partial charge in [-0.25, -0.2) is 0 Å². The van der Waals surface area contributed by atoms with E-state index in [0.29, 0.717) is 13.2 Å². The number of hydrogen-bond donors (Lipinski definition) is 1. The van der Waals surface area contributed by atoms with Gasteiger partial charge in [-0.2, -0.15) is 0 Å². The molecule has 2 atom stereocenters. The smallest absolute Gasteiger partial charge is 0.269 e. The van der Waals surface area contributed by atoms with Crippen molar-refractivity contribution in [2.45, 2.75) is 39.4 Å². The second-order valence-corrected chi connectivity index (χ2v) is 3.66. The van der Waals surface area contributed by atoms with Crippen LogP contribution >= 0.6 is 0 Å². The maximum atomic E-state index is 11.2. The predicted octanol–water partition coefficient (Wildman–Crippen LogP) is -0.0654. The molecule has 2 unspecified atom stereocenters. The lowest BCUT2D eigenvalue weighted by Crippen LogP contribution is -2.41. The van der Waals surface area contributed by atoms with Crippen LogP contribution in [-0.4, -0.2) is 47.7 Å². The molecule has 0 aromatic rings. The van der Waals surface area contributed by atoms with Gasteiger partial charge < -0.3 is 19.5 Å². The zero-order valence-corrected chi connectivity index (χ0v) is 8.77. The van der Waals surface area contributed by atoms with Crippen molar-refractivity contribution in [3.63, 3.8) is 0 Å². The summed E-state index contributed by atoms with van der Waals surface area (Å²) in [6.45, 7) is 5.05. The van der Waals surface area contributed by atoms with Crippen LogP contribution in [0.4, 0.5) is 0 Å². The van der Waals surface area contributed by atoms with Crippen molar-refractivity contribution < 1.29 is 19.4 Å². The van der Waals surface area contributed by atoms with Crippen LogP contribution in [0.3, 0.4) is 0 Å². The van der Waals surface area contributed by atoms with Gasteiger partial charge >= 0.3 is 0 Å². The fourth-order valence-electron chi connectivity index (χ4n) is 1.45. The van der Waals surface area contributed by atoms with Crippen LogP contribution in [0.5, 0.6) is 0 Å². The average molecular weight is 203 g/mol. The quantitative estimate of drug-likeness (QED) is 0.697. The minimum atomic E-state index is -1.14. The van der Waals surface area contributed by atoms with E-state index >= 15 is 0 Å². The Hall–Kier alpha value is -0.650. The average Bonchev–Trinajstić information content (AvgIpc) is 2.46. The fourth-order valence-corrected chi connectivity index (χ4v) is 1.45. The summed E-state index contributed by atoms with van der Waals surface area (Å²) in [5.41, 5.74) is 0. The SMILES string of the molecule is CC(=O)N(CC1COC(O)O1)C(C)C. The lowest BCUT2D eigenvalue weighted by atomic mass is 10.2. The van der Waals surface area contributed by atoms with E-state index in [1.54, 1.807) is 4.90 Å². The summed E-state index contributed by atoms with van der Waals surface area (Å²) in [6, 6.07) is 0.133. The van der Waals surface area contributed by atoms with Gasteiger partial charge in [-0.1, -0.05) is 0 Å². The topological polar surface area (TPSA) is 59.0 Å². The van der Waals surface area contributed by atoms with Gasteiger partial charge in [0.05, 0.1) is 6.61 Å². The van der Waals surface area contributed by atoms with Crippen molar-refractivity contribution in [3.05, 3.63) is 0 Å². The normalized spacial score (nSPS) is 26.9. The molecule has 1 rings (SSSR count). The molecule has 82 valence electrons. The monoisotopic (exact) mass is 203 g/mol. The number of aliphatic hydroxyl groups is 1. The third-order valence-electron chi connectivity index (χ3n) is 2.16. The Labute approximate surface area is 83.6 Å². The maximum Gasteiger partial charge on any atom is 0.269 e. The summed E-state index contributed by atoms with van der Waals surface area (Å²) in [4.78, 5) is 12.9. The van der Waals surface area contributed by atoms with Gasteiger partial charge in [-0.15, -0.1) is 0 Å². The molecule has 1 N–H and O–H groups in total. The minimum absolute atomic E-state index is 0.00462. The van der Waals surface area contributed by atoms with Crippen LogP contribution in [0.25, 0.3) is 0 Å². The third kappa shape index (κ3) is 2.94. The van der Waals surface area contributed by atoms with Crippen molar-refractivity contribution in [1.82, 2.24) is 4.90 Å². The highest BCUT2D eigenvalue weighted by Crippen LogP contribution is 2.12. The van der Waals surface area contributed by atoms with Gasteiger partial charge in [0.15, 0.2) is 0 Å².